The van der Waals surface area contributed by atoms with Gasteiger partial charge in [-0.15, -0.1) is 0 Å². The quantitative estimate of drug-likeness (QED) is 0.790. The zero-order valence-corrected chi connectivity index (χ0v) is 10.2. The lowest BCUT2D eigenvalue weighted by atomic mass is 10.1. The van der Waals surface area contributed by atoms with E-state index in [-0.39, 0.29) is 6.04 Å². The highest BCUT2D eigenvalue weighted by Crippen LogP contribution is 2.11. The Morgan fingerprint density at radius 3 is 2.47 bits per heavy atom. The predicted octanol–water partition coefficient (Wildman–Crippen LogP) is 1.86. The number of hydrogen-bond acceptors (Lipinski definition) is 2. The number of carboxylic acid groups (broad SMARTS) is 1. The van der Waals surface area contributed by atoms with Gasteiger partial charge in [-0.25, -0.2) is 0 Å². The first-order chi connectivity index (χ1) is 7.97. The maximum atomic E-state index is 11.2. The van der Waals surface area contributed by atoms with Crippen molar-refractivity contribution in [3.05, 3.63) is 34.9 Å². The van der Waals surface area contributed by atoms with Gasteiger partial charge in [-0.1, -0.05) is 23.7 Å². The number of nitrogens with one attached hydrogen (secondary N) is 1. The van der Waals surface area contributed by atoms with Crippen LogP contribution in [0.5, 0.6) is 0 Å². The second-order valence-corrected chi connectivity index (χ2v) is 4.31. The third-order valence-corrected chi connectivity index (χ3v) is 2.43. The van der Waals surface area contributed by atoms with Gasteiger partial charge in [0.2, 0.25) is 5.91 Å². The predicted molar refractivity (Wildman–Crippen MR) is 65.0 cm³/mol. The molecule has 0 aliphatic heterocycles. The molecule has 4 nitrogen and oxygen atoms in total. The minimum atomic E-state index is -1.12. The van der Waals surface area contributed by atoms with Crippen molar-refractivity contribution in [2.45, 2.75) is 25.8 Å². The normalized spacial score (nSPS) is 11.9. The molecule has 0 bridgehead atoms. The Balaban J connectivity index is 2.44. The first kappa shape index (κ1) is 13.5. The first-order valence-corrected chi connectivity index (χ1v) is 5.61. The van der Waals surface area contributed by atoms with Crippen LogP contribution in [0.4, 0.5) is 0 Å². The van der Waals surface area contributed by atoms with Crippen LogP contribution in [0.3, 0.4) is 0 Å². The van der Waals surface area contributed by atoms with Gasteiger partial charge in [0, 0.05) is 11.1 Å². The molecule has 0 saturated carbocycles. The van der Waals surface area contributed by atoms with Crippen molar-refractivity contribution >= 4 is 23.5 Å². The summed E-state index contributed by atoms with van der Waals surface area (Å²) in [5.74, 6) is -1.60. The third kappa shape index (κ3) is 5.36. The van der Waals surface area contributed by atoms with Gasteiger partial charge < -0.3 is 10.4 Å². The number of halogens is 1. The summed E-state index contributed by atoms with van der Waals surface area (Å²) in [7, 11) is 0. The maximum Gasteiger partial charge on any atom is 0.312 e. The Hall–Kier alpha value is -1.55. The van der Waals surface area contributed by atoms with Gasteiger partial charge in [-0.2, -0.15) is 0 Å². The largest absolute Gasteiger partial charge is 0.481 e. The van der Waals surface area contributed by atoms with Crippen molar-refractivity contribution in [1.82, 2.24) is 5.32 Å². The van der Waals surface area contributed by atoms with Crippen molar-refractivity contribution in [3.8, 4) is 0 Å². The fourth-order valence-corrected chi connectivity index (χ4v) is 1.61. The molecule has 1 rings (SSSR count). The van der Waals surface area contributed by atoms with E-state index >= 15 is 0 Å². The Kier molecular flexibility index (Phi) is 4.97. The van der Waals surface area contributed by atoms with E-state index in [0.717, 1.165) is 5.56 Å². The van der Waals surface area contributed by atoms with Crippen LogP contribution in [0.25, 0.3) is 0 Å². The Morgan fingerprint density at radius 1 is 1.35 bits per heavy atom. The zero-order valence-electron chi connectivity index (χ0n) is 9.44. The summed E-state index contributed by atoms with van der Waals surface area (Å²) in [6.07, 6.45) is 0.146. The van der Waals surface area contributed by atoms with Crippen molar-refractivity contribution in [2.75, 3.05) is 0 Å². The Morgan fingerprint density at radius 2 is 1.94 bits per heavy atom. The lowest BCUT2D eigenvalue weighted by Crippen LogP contribution is -2.35. The highest BCUT2D eigenvalue weighted by molar-refractivity contribution is 6.30. The molecule has 0 saturated heterocycles. The summed E-state index contributed by atoms with van der Waals surface area (Å²) in [5, 5.41) is 11.7. The highest BCUT2D eigenvalue weighted by atomic mass is 35.5. The molecule has 1 atom stereocenters. The number of hydrogen-bond donors (Lipinski definition) is 2. The minimum absolute atomic E-state index is 0.108. The molecule has 0 fully saturated rings. The monoisotopic (exact) mass is 255 g/mol. The van der Waals surface area contributed by atoms with E-state index in [1.807, 2.05) is 19.1 Å². The fourth-order valence-electron chi connectivity index (χ4n) is 1.49. The molecule has 0 radical (unpaired) electrons. The van der Waals surface area contributed by atoms with Crippen molar-refractivity contribution in [1.29, 1.82) is 0 Å². The zero-order chi connectivity index (χ0) is 12.8. The summed E-state index contributed by atoms with van der Waals surface area (Å²) < 4.78 is 0. The summed E-state index contributed by atoms with van der Waals surface area (Å²) in [5.41, 5.74) is 1.04. The molecule has 1 unspecified atom stereocenters. The average molecular weight is 256 g/mol. The highest BCUT2D eigenvalue weighted by Gasteiger charge is 2.11. The number of aliphatic carboxylic acids is 1. The number of carbonyl (C=O) groups is 2. The first-order valence-electron chi connectivity index (χ1n) is 5.23. The molecule has 17 heavy (non-hydrogen) atoms. The van der Waals surface area contributed by atoms with Crippen molar-refractivity contribution in [2.24, 2.45) is 0 Å². The topological polar surface area (TPSA) is 66.4 Å². The average Bonchev–Trinajstić information content (AvgIpc) is 2.19. The molecule has 1 aromatic rings. The van der Waals surface area contributed by atoms with Crippen LogP contribution < -0.4 is 5.32 Å². The molecule has 5 heteroatoms. The van der Waals surface area contributed by atoms with Gasteiger partial charge in [-0.3, -0.25) is 9.59 Å². The van der Waals surface area contributed by atoms with Gasteiger partial charge in [-0.05, 0) is 31.0 Å². The number of amides is 1. The number of rotatable bonds is 5. The van der Waals surface area contributed by atoms with E-state index in [1.54, 1.807) is 12.1 Å². The van der Waals surface area contributed by atoms with Crippen LogP contribution >= 0.6 is 11.6 Å². The van der Waals surface area contributed by atoms with Crippen molar-refractivity contribution < 1.29 is 14.7 Å². The number of benzene rings is 1. The van der Waals surface area contributed by atoms with Gasteiger partial charge in [0.25, 0.3) is 0 Å². The van der Waals surface area contributed by atoms with Crippen LogP contribution in [0.1, 0.15) is 18.9 Å². The molecule has 1 amide bonds. The number of carboxylic acids is 1. The van der Waals surface area contributed by atoms with Crippen LogP contribution in [0.2, 0.25) is 5.02 Å². The molecule has 92 valence electrons. The maximum absolute atomic E-state index is 11.2. The Labute approximate surface area is 105 Å². The second-order valence-electron chi connectivity index (χ2n) is 3.87. The molecule has 0 spiro atoms. The van der Waals surface area contributed by atoms with Gasteiger partial charge in [0.05, 0.1) is 0 Å². The molecule has 0 aliphatic carbocycles. The standard InChI is InChI=1S/C12H14ClNO3/c1-8(14-11(15)7-12(16)17)6-9-2-4-10(13)5-3-9/h2-5,8H,6-7H2,1H3,(H,14,15)(H,16,17). The van der Waals surface area contributed by atoms with Gasteiger partial charge in [0.1, 0.15) is 6.42 Å². The van der Waals surface area contributed by atoms with E-state index in [4.69, 9.17) is 16.7 Å². The lowest BCUT2D eigenvalue weighted by Gasteiger charge is -2.13. The molecule has 0 aliphatic rings. The van der Waals surface area contributed by atoms with E-state index in [1.165, 1.54) is 0 Å². The summed E-state index contributed by atoms with van der Waals surface area (Å²) in [4.78, 5) is 21.5. The van der Waals surface area contributed by atoms with E-state index in [0.29, 0.717) is 11.4 Å². The summed E-state index contributed by atoms with van der Waals surface area (Å²) in [6.45, 7) is 1.83. The Bertz CT molecular complexity index is 403. The fraction of sp³-hybridized carbons (Fsp3) is 0.333. The number of carbonyl (C=O) groups excluding carboxylic acids is 1. The van der Waals surface area contributed by atoms with E-state index in [2.05, 4.69) is 5.32 Å². The molecule has 0 aromatic heterocycles. The second kappa shape index (κ2) is 6.25. The van der Waals surface area contributed by atoms with Crippen LogP contribution in [-0.4, -0.2) is 23.0 Å². The van der Waals surface area contributed by atoms with Crippen LogP contribution in [0, 0.1) is 0 Å². The SMILES string of the molecule is CC(Cc1ccc(Cl)cc1)NC(=O)CC(=O)O. The van der Waals surface area contributed by atoms with E-state index in [9.17, 15) is 9.59 Å². The lowest BCUT2D eigenvalue weighted by molar-refractivity contribution is -0.140. The molecule has 2 N–H and O–H groups in total. The molecular weight excluding hydrogens is 242 g/mol. The summed E-state index contributed by atoms with van der Waals surface area (Å²) >= 11 is 5.75. The third-order valence-electron chi connectivity index (χ3n) is 2.17. The van der Waals surface area contributed by atoms with Crippen molar-refractivity contribution in [3.63, 3.8) is 0 Å². The van der Waals surface area contributed by atoms with Crippen LogP contribution in [0.15, 0.2) is 24.3 Å². The molecular formula is C12H14ClNO3. The molecule has 0 heterocycles. The van der Waals surface area contributed by atoms with Gasteiger partial charge in [0.15, 0.2) is 0 Å². The minimum Gasteiger partial charge on any atom is -0.481 e. The van der Waals surface area contributed by atoms with Gasteiger partial charge >= 0.3 is 5.97 Å². The van der Waals surface area contributed by atoms with Crippen LogP contribution in [-0.2, 0) is 16.0 Å². The summed E-state index contributed by atoms with van der Waals surface area (Å²) in [6, 6.07) is 7.21. The van der Waals surface area contributed by atoms with E-state index < -0.39 is 18.3 Å². The molecule has 1 aromatic carbocycles. The smallest absolute Gasteiger partial charge is 0.312 e.